The molecule has 0 bridgehead atoms. The first-order valence-corrected chi connectivity index (χ1v) is 8.96. The van der Waals surface area contributed by atoms with Gasteiger partial charge in [-0.2, -0.15) is 0 Å². The van der Waals surface area contributed by atoms with Crippen molar-refractivity contribution in [2.75, 3.05) is 7.05 Å². The topological polar surface area (TPSA) is 94.7 Å². The summed E-state index contributed by atoms with van der Waals surface area (Å²) < 4.78 is 5.32. The molecule has 0 spiro atoms. The van der Waals surface area contributed by atoms with E-state index in [1.807, 2.05) is 30.3 Å². The van der Waals surface area contributed by atoms with Crippen LogP contribution in [0, 0.1) is 0 Å². The summed E-state index contributed by atoms with van der Waals surface area (Å²) in [7, 11) is 1.63. The van der Waals surface area contributed by atoms with Crippen LogP contribution in [0.4, 0.5) is 9.59 Å². The number of amides is 4. The molecule has 1 aliphatic carbocycles. The highest BCUT2D eigenvalue weighted by atomic mass is 16.6. The summed E-state index contributed by atoms with van der Waals surface area (Å²) in [5.41, 5.74) is 1.35. The number of hydrogen-bond donors (Lipinski definition) is 2. The predicted molar refractivity (Wildman–Crippen MR) is 100 cm³/mol. The van der Waals surface area contributed by atoms with E-state index < -0.39 is 30.3 Å². The number of fused-ring (bicyclic) bond motifs is 1. The van der Waals surface area contributed by atoms with Gasteiger partial charge in [0, 0.05) is 19.8 Å². The van der Waals surface area contributed by atoms with Gasteiger partial charge in [-0.15, -0.1) is 0 Å². The van der Waals surface area contributed by atoms with Crippen molar-refractivity contribution in [2.24, 2.45) is 0 Å². The Bertz CT molecular complexity index is 910. The highest BCUT2D eigenvalue weighted by Crippen LogP contribution is 2.30. The van der Waals surface area contributed by atoms with Gasteiger partial charge in [0.05, 0.1) is 6.04 Å². The van der Waals surface area contributed by atoms with Crippen molar-refractivity contribution in [2.45, 2.75) is 24.7 Å². The number of ether oxygens (including phenoxy) is 1. The smallest absolute Gasteiger partial charge is 0.419 e. The third kappa shape index (κ3) is 3.24. The molecule has 1 aromatic heterocycles. The van der Waals surface area contributed by atoms with Crippen LogP contribution in [0.5, 0.6) is 0 Å². The maximum absolute atomic E-state index is 13.0. The molecule has 1 saturated heterocycles. The number of urea groups is 1. The molecule has 0 saturated carbocycles. The molecule has 4 rings (SSSR count). The third-order valence-corrected chi connectivity index (χ3v) is 4.88. The molecule has 1 fully saturated rings. The van der Waals surface area contributed by atoms with E-state index in [0.29, 0.717) is 12.2 Å². The second-order valence-corrected chi connectivity index (χ2v) is 6.80. The van der Waals surface area contributed by atoms with Gasteiger partial charge in [0.15, 0.2) is 0 Å². The predicted octanol–water partition coefficient (Wildman–Crippen LogP) is 2.12. The second-order valence-electron chi connectivity index (χ2n) is 6.80. The van der Waals surface area contributed by atoms with E-state index in [4.69, 9.17) is 4.74 Å². The highest BCUT2D eigenvalue weighted by molar-refractivity contribution is 5.95. The van der Waals surface area contributed by atoms with Crippen molar-refractivity contribution < 1.29 is 19.1 Å². The molecule has 8 heteroatoms. The molecule has 2 heterocycles. The van der Waals surface area contributed by atoms with E-state index in [-0.39, 0.29) is 5.91 Å². The molecule has 4 amide bonds. The lowest BCUT2D eigenvalue weighted by Crippen LogP contribution is -2.54. The number of rotatable bonds is 4. The summed E-state index contributed by atoms with van der Waals surface area (Å²) in [4.78, 5) is 43.1. The molecule has 28 heavy (non-hydrogen) atoms. The molecule has 1 aromatic carbocycles. The van der Waals surface area contributed by atoms with Gasteiger partial charge >= 0.3 is 12.1 Å². The maximum atomic E-state index is 13.0. The first-order valence-electron chi connectivity index (χ1n) is 8.96. The molecule has 144 valence electrons. The number of aromatic amines is 1. The number of nitrogens with zero attached hydrogens (tertiary/aromatic N) is 2. The van der Waals surface area contributed by atoms with Crippen LogP contribution in [0.25, 0.3) is 0 Å². The standard InChI is InChI=1S/C20H20N4O4/c1-23(12-13-6-3-2-4-7-13)19(26)24-17-14(9-10-16(17)28-20(24)27)22-18(25)15-8-5-11-21-15/h2-11,14,16-17,21H,12H2,1H3,(H,22,25)/t14-,16-,17+/m1/s1. The van der Waals surface area contributed by atoms with Crippen molar-refractivity contribution in [3.8, 4) is 0 Å². The zero-order chi connectivity index (χ0) is 19.7. The van der Waals surface area contributed by atoms with Crippen LogP contribution in [0.15, 0.2) is 60.8 Å². The fourth-order valence-electron chi connectivity index (χ4n) is 3.52. The molecule has 2 aliphatic rings. The van der Waals surface area contributed by atoms with Gasteiger partial charge < -0.3 is 19.9 Å². The largest absolute Gasteiger partial charge is 0.439 e. The lowest BCUT2D eigenvalue weighted by atomic mass is 10.1. The SMILES string of the molecule is CN(Cc1ccccc1)C(=O)N1C(=O)O[C@@H]2C=C[C@@H](NC(=O)c3ccc[nH]3)[C@@H]21. The molecule has 2 N–H and O–H groups in total. The summed E-state index contributed by atoms with van der Waals surface area (Å²) in [6, 6.07) is 11.3. The molecule has 0 unspecified atom stereocenters. The quantitative estimate of drug-likeness (QED) is 0.795. The molecular weight excluding hydrogens is 360 g/mol. The van der Waals surface area contributed by atoms with Crippen LogP contribution in [0.1, 0.15) is 16.1 Å². The summed E-state index contributed by atoms with van der Waals surface area (Å²) in [5, 5.41) is 2.85. The molecule has 1 aliphatic heterocycles. The summed E-state index contributed by atoms with van der Waals surface area (Å²) in [5.74, 6) is -0.315. The lowest BCUT2D eigenvalue weighted by molar-refractivity contribution is 0.0920. The number of imide groups is 1. The van der Waals surface area contributed by atoms with Crippen molar-refractivity contribution >= 4 is 18.0 Å². The van der Waals surface area contributed by atoms with Crippen molar-refractivity contribution in [1.82, 2.24) is 20.1 Å². The highest BCUT2D eigenvalue weighted by Gasteiger charge is 2.51. The minimum absolute atomic E-state index is 0.315. The Labute approximate surface area is 161 Å². The van der Waals surface area contributed by atoms with Gasteiger partial charge in [-0.25, -0.2) is 14.5 Å². The van der Waals surface area contributed by atoms with Crippen LogP contribution in [-0.4, -0.2) is 58.1 Å². The molecule has 3 atom stereocenters. The number of hydrogen-bond acceptors (Lipinski definition) is 4. The number of nitrogens with one attached hydrogen (secondary N) is 2. The first-order chi connectivity index (χ1) is 13.5. The van der Waals surface area contributed by atoms with E-state index in [9.17, 15) is 14.4 Å². The van der Waals surface area contributed by atoms with Crippen molar-refractivity contribution in [3.05, 3.63) is 72.1 Å². The minimum atomic E-state index is -0.705. The number of benzene rings is 1. The van der Waals surface area contributed by atoms with Gasteiger partial charge in [-0.05, 0) is 23.8 Å². The third-order valence-electron chi connectivity index (χ3n) is 4.88. The molecule has 2 aromatic rings. The van der Waals surface area contributed by atoms with Gasteiger partial charge in [-0.1, -0.05) is 36.4 Å². The van der Waals surface area contributed by atoms with Gasteiger partial charge in [0.1, 0.15) is 17.8 Å². The Hall–Kier alpha value is -3.55. The van der Waals surface area contributed by atoms with Crippen LogP contribution in [0.3, 0.4) is 0 Å². The molecule has 0 radical (unpaired) electrons. The Morgan fingerprint density at radius 1 is 1.18 bits per heavy atom. The Morgan fingerprint density at radius 2 is 1.96 bits per heavy atom. The van der Waals surface area contributed by atoms with Crippen molar-refractivity contribution in [1.29, 1.82) is 0 Å². The van der Waals surface area contributed by atoms with Crippen LogP contribution >= 0.6 is 0 Å². The van der Waals surface area contributed by atoms with Crippen LogP contribution in [-0.2, 0) is 11.3 Å². The maximum Gasteiger partial charge on any atom is 0.419 e. The fourth-order valence-corrected chi connectivity index (χ4v) is 3.52. The van der Waals surface area contributed by atoms with E-state index in [1.54, 1.807) is 37.5 Å². The minimum Gasteiger partial charge on any atom is -0.439 e. The van der Waals surface area contributed by atoms with Crippen LogP contribution < -0.4 is 5.32 Å². The average molecular weight is 380 g/mol. The van der Waals surface area contributed by atoms with E-state index in [0.717, 1.165) is 10.5 Å². The number of H-pyrrole nitrogens is 1. The number of carbonyl (C=O) groups is 3. The molecular formula is C20H20N4O4. The van der Waals surface area contributed by atoms with Crippen molar-refractivity contribution in [3.63, 3.8) is 0 Å². The normalized spacial score (nSPS) is 22.7. The lowest BCUT2D eigenvalue weighted by Gasteiger charge is -2.29. The van der Waals surface area contributed by atoms with E-state index in [1.165, 1.54) is 4.90 Å². The Balaban J connectivity index is 1.49. The average Bonchev–Trinajstić information content (AvgIpc) is 3.40. The zero-order valence-corrected chi connectivity index (χ0v) is 15.2. The van der Waals surface area contributed by atoms with E-state index in [2.05, 4.69) is 10.3 Å². The number of aromatic nitrogens is 1. The summed E-state index contributed by atoms with van der Waals surface area (Å²) in [6.07, 6.45) is 3.82. The van der Waals surface area contributed by atoms with Crippen LogP contribution in [0.2, 0.25) is 0 Å². The van der Waals surface area contributed by atoms with Gasteiger partial charge in [-0.3, -0.25) is 4.79 Å². The molecule has 8 nitrogen and oxygen atoms in total. The first kappa shape index (κ1) is 17.8. The van der Waals surface area contributed by atoms with Gasteiger partial charge in [0.25, 0.3) is 5.91 Å². The monoisotopic (exact) mass is 380 g/mol. The Kier molecular flexibility index (Phi) is 4.60. The summed E-state index contributed by atoms with van der Waals surface area (Å²) >= 11 is 0. The fraction of sp³-hybridized carbons (Fsp3) is 0.250. The zero-order valence-electron chi connectivity index (χ0n) is 15.2. The summed E-state index contributed by atoms with van der Waals surface area (Å²) in [6.45, 7) is 0.355. The van der Waals surface area contributed by atoms with Gasteiger partial charge in [0.2, 0.25) is 0 Å². The Morgan fingerprint density at radius 3 is 2.68 bits per heavy atom. The number of carbonyl (C=O) groups excluding carboxylic acids is 3. The second kappa shape index (κ2) is 7.22. The van der Waals surface area contributed by atoms with E-state index >= 15 is 0 Å².